The molecule has 3 nitrogen and oxygen atoms in total. The maximum atomic E-state index is 11.6. The van der Waals surface area contributed by atoms with E-state index in [1.807, 2.05) is 7.05 Å². The number of rotatable bonds is 6. The Labute approximate surface area is 110 Å². The monoisotopic (exact) mass is 249 g/mol. The van der Waals surface area contributed by atoms with Crippen LogP contribution in [-0.4, -0.2) is 20.1 Å². The van der Waals surface area contributed by atoms with E-state index in [2.05, 4.69) is 43.4 Å². The highest BCUT2D eigenvalue weighted by Gasteiger charge is 2.31. The van der Waals surface area contributed by atoms with Gasteiger partial charge in [-0.15, -0.1) is 0 Å². The van der Waals surface area contributed by atoms with Gasteiger partial charge in [-0.3, -0.25) is 4.79 Å². The lowest BCUT2D eigenvalue weighted by Gasteiger charge is -2.32. The van der Waals surface area contributed by atoms with Gasteiger partial charge in [0.25, 0.3) is 0 Å². The van der Waals surface area contributed by atoms with Gasteiger partial charge in [0.05, 0.1) is 19.1 Å². The van der Waals surface area contributed by atoms with Crippen LogP contribution in [0.2, 0.25) is 0 Å². The van der Waals surface area contributed by atoms with E-state index in [4.69, 9.17) is 4.74 Å². The molecule has 1 rings (SSSR count). The molecule has 0 radical (unpaired) electrons. The molecule has 0 aliphatic rings. The number of carbonyl (C=O) groups excluding carboxylic acids is 1. The molecule has 0 spiro atoms. The Bertz CT molecular complexity index is 380. The second-order valence-electron chi connectivity index (χ2n) is 4.49. The Morgan fingerprint density at radius 1 is 1.28 bits per heavy atom. The molecule has 3 heteroatoms. The molecular formula is C15H23NO2. The number of carbonyl (C=O) groups is 1. The second-order valence-corrected chi connectivity index (χ2v) is 4.49. The van der Waals surface area contributed by atoms with Crippen molar-refractivity contribution in [2.24, 2.45) is 0 Å². The average molecular weight is 249 g/mol. The van der Waals surface area contributed by atoms with Gasteiger partial charge in [0.2, 0.25) is 0 Å². The summed E-state index contributed by atoms with van der Waals surface area (Å²) in [5, 5.41) is 3.28. The van der Waals surface area contributed by atoms with Crippen LogP contribution in [0.15, 0.2) is 24.3 Å². The second kappa shape index (κ2) is 6.55. The Morgan fingerprint density at radius 3 is 2.28 bits per heavy atom. The Hall–Kier alpha value is -1.35. The molecule has 0 aliphatic heterocycles. The van der Waals surface area contributed by atoms with Crippen molar-refractivity contribution >= 4 is 5.97 Å². The minimum absolute atomic E-state index is 0.189. The average Bonchev–Trinajstić information content (AvgIpc) is 2.44. The lowest BCUT2D eigenvalue weighted by molar-refractivity contribution is -0.142. The number of esters is 1. The lowest BCUT2D eigenvalue weighted by atomic mass is 9.83. The summed E-state index contributed by atoms with van der Waals surface area (Å²) in [5.74, 6) is -0.189. The summed E-state index contributed by atoms with van der Waals surface area (Å²) < 4.78 is 4.80. The fraction of sp³-hybridized carbons (Fsp3) is 0.533. The van der Waals surface area contributed by atoms with Crippen LogP contribution in [0.1, 0.15) is 37.8 Å². The normalized spacial score (nSPS) is 14.0. The minimum Gasteiger partial charge on any atom is -0.469 e. The maximum Gasteiger partial charge on any atom is 0.307 e. The molecule has 1 unspecified atom stereocenters. The molecule has 1 aromatic rings. The zero-order chi connectivity index (χ0) is 13.6. The molecule has 100 valence electrons. The molecule has 1 aromatic carbocycles. The lowest BCUT2D eigenvalue weighted by Crippen LogP contribution is -2.41. The molecule has 1 N–H and O–H groups in total. The van der Waals surface area contributed by atoms with Gasteiger partial charge in [-0.2, -0.15) is 0 Å². The van der Waals surface area contributed by atoms with Crippen molar-refractivity contribution in [3.63, 3.8) is 0 Å². The number of benzene rings is 1. The summed E-state index contributed by atoms with van der Waals surface area (Å²) in [6.07, 6.45) is 2.21. The summed E-state index contributed by atoms with van der Waals surface area (Å²) in [7, 11) is 3.32. The third-order valence-corrected chi connectivity index (χ3v) is 3.67. The van der Waals surface area contributed by atoms with Gasteiger partial charge < -0.3 is 10.1 Å². The number of aryl methyl sites for hydroxylation is 1. The predicted octanol–water partition coefficient (Wildman–Crippen LogP) is 2.64. The van der Waals surface area contributed by atoms with Crippen molar-refractivity contribution in [3.05, 3.63) is 35.4 Å². The summed E-state index contributed by atoms with van der Waals surface area (Å²) in [6, 6.07) is 8.44. The fourth-order valence-corrected chi connectivity index (χ4v) is 2.22. The minimum atomic E-state index is -0.334. The van der Waals surface area contributed by atoms with Gasteiger partial charge in [0.15, 0.2) is 0 Å². The molecule has 0 fully saturated rings. The third-order valence-electron chi connectivity index (χ3n) is 3.67. The first kappa shape index (κ1) is 14.7. The van der Waals surface area contributed by atoms with Gasteiger partial charge in [0, 0.05) is 0 Å². The summed E-state index contributed by atoms with van der Waals surface area (Å²) in [4.78, 5) is 11.6. The number of nitrogens with one attached hydrogen (secondary N) is 1. The molecule has 0 heterocycles. The van der Waals surface area contributed by atoms with E-state index in [1.165, 1.54) is 12.7 Å². The van der Waals surface area contributed by atoms with E-state index < -0.39 is 0 Å². The predicted molar refractivity (Wildman–Crippen MR) is 73.5 cm³/mol. The Morgan fingerprint density at radius 2 is 1.89 bits per heavy atom. The van der Waals surface area contributed by atoms with Crippen LogP contribution in [0.4, 0.5) is 0 Å². The molecule has 0 saturated heterocycles. The smallest absolute Gasteiger partial charge is 0.307 e. The van der Waals surface area contributed by atoms with Gasteiger partial charge in [0.1, 0.15) is 0 Å². The molecule has 0 amide bonds. The van der Waals surface area contributed by atoms with Crippen LogP contribution in [-0.2, 0) is 21.5 Å². The maximum absolute atomic E-state index is 11.6. The molecular weight excluding hydrogens is 226 g/mol. The third kappa shape index (κ3) is 3.10. The topological polar surface area (TPSA) is 38.3 Å². The Kier molecular flexibility index (Phi) is 5.35. The zero-order valence-corrected chi connectivity index (χ0v) is 11.7. The highest BCUT2D eigenvalue weighted by atomic mass is 16.5. The summed E-state index contributed by atoms with van der Waals surface area (Å²) in [6.45, 7) is 4.21. The zero-order valence-electron chi connectivity index (χ0n) is 11.7. The van der Waals surface area contributed by atoms with Crippen molar-refractivity contribution in [1.29, 1.82) is 0 Å². The first-order chi connectivity index (χ1) is 8.61. The summed E-state index contributed by atoms with van der Waals surface area (Å²) >= 11 is 0. The number of hydrogen-bond donors (Lipinski definition) is 1. The van der Waals surface area contributed by atoms with E-state index in [1.54, 1.807) is 0 Å². The largest absolute Gasteiger partial charge is 0.469 e. The molecule has 18 heavy (non-hydrogen) atoms. The molecule has 0 aromatic heterocycles. The molecule has 1 atom stereocenters. The number of hydrogen-bond acceptors (Lipinski definition) is 3. The van der Waals surface area contributed by atoms with Gasteiger partial charge in [-0.1, -0.05) is 38.1 Å². The van der Waals surface area contributed by atoms with Crippen LogP contribution in [0, 0.1) is 0 Å². The first-order valence-electron chi connectivity index (χ1n) is 6.47. The van der Waals surface area contributed by atoms with Crippen LogP contribution in [0.3, 0.4) is 0 Å². The van der Waals surface area contributed by atoms with Crippen molar-refractivity contribution in [2.45, 2.75) is 38.6 Å². The van der Waals surface area contributed by atoms with Crippen molar-refractivity contribution in [3.8, 4) is 0 Å². The summed E-state index contributed by atoms with van der Waals surface area (Å²) in [5.41, 5.74) is 2.10. The van der Waals surface area contributed by atoms with Crippen LogP contribution in [0.5, 0.6) is 0 Å². The van der Waals surface area contributed by atoms with Crippen LogP contribution in [0.25, 0.3) is 0 Å². The number of methoxy groups -OCH3 is 1. The van der Waals surface area contributed by atoms with E-state index in [0.29, 0.717) is 6.42 Å². The number of ether oxygens (including phenoxy) is 1. The first-order valence-corrected chi connectivity index (χ1v) is 6.47. The van der Waals surface area contributed by atoms with Gasteiger partial charge in [-0.25, -0.2) is 0 Å². The van der Waals surface area contributed by atoms with E-state index in [9.17, 15) is 4.79 Å². The van der Waals surface area contributed by atoms with Crippen molar-refractivity contribution in [2.75, 3.05) is 14.2 Å². The van der Waals surface area contributed by atoms with Gasteiger partial charge in [-0.05, 0) is 31.0 Å². The van der Waals surface area contributed by atoms with E-state index in [0.717, 1.165) is 18.4 Å². The fourth-order valence-electron chi connectivity index (χ4n) is 2.22. The molecule has 0 saturated carbocycles. The van der Waals surface area contributed by atoms with Crippen molar-refractivity contribution < 1.29 is 9.53 Å². The van der Waals surface area contributed by atoms with Gasteiger partial charge >= 0.3 is 5.97 Å². The van der Waals surface area contributed by atoms with E-state index in [-0.39, 0.29) is 11.5 Å². The van der Waals surface area contributed by atoms with Crippen molar-refractivity contribution in [1.82, 2.24) is 5.32 Å². The highest BCUT2D eigenvalue weighted by Crippen LogP contribution is 2.29. The van der Waals surface area contributed by atoms with Crippen LogP contribution < -0.4 is 5.32 Å². The standard InChI is InChI=1S/C15H23NO2/c1-5-12-7-9-13(10-8-12)15(6-2,16-3)11-14(17)18-4/h7-10,16H,5-6,11H2,1-4H3. The van der Waals surface area contributed by atoms with E-state index >= 15 is 0 Å². The highest BCUT2D eigenvalue weighted by molar-refractivity contribution is 5.71. The quantitative estimate of drug-likeness (QED) is 0.788. The Balaban J connectivity index is 3.05. The SMILES string of the molecule is CCc1ccc(C(CC)(CC(=O)OC)NC)cc1. The van der Waals surface area contributed by atoms with Crippen LogP contribution >= 0.6 is 0 Å². The molecule has 0 aliphatic carbocycles. The molecule has 0 bridgehead atoms.